The first-order valence-electron chi connectivity index (χ1n) is 11.1. The number of ether oxygens (including phenoxy) is 1. The van der Waals surface area contributed by atoms with Crippen molar-refractivity contribution in [3.05, 3.63) is 95.3 Å². The summed E-state index contributed by atoms with van der Waals surface area (Å²) in [5, 5.41) is 5.60. The zero-order chi connectivity index (χ0) is 23.5. The van der Waals surface area contributed by atoms with Gasteiger partial charge in [0.05, 0.1) is 35.9 Å². The molecule has 0 spiro atoms. The zero-order valence-electron chi connectivity index (χ0n) is 18.3. The van der Waals surface area contributed by atoms with E-state index in [1.807, 2.05) is 53.4 Å². The number of carbonyl (C=O) groups excluding carboxylic acids is 2. The number of amides is 2. The van der Waals surface area contributed by atoms with E-state index in [1.165, 1.54) is 18.2 Å². The fraction of sp³-hybridized carbons (Fsp3) is 0.192. The summed E-state index contributed by atoms with van der Waals surface area (Å²) in [7, 11) is 0. The van der Waals surface area contributed by atoms with Crippen LogP contribution in [0.15, 0.2) is 77.8 Å². The van der Waals surface area contributed by atoms with Crippen molar-refractivity contribution in [1.82, 2.24) is 5.32 Å². The Hall–Kier alpha value is -4.04. The first-order chi connectivity index (χ1) is 16.6. The molecular formula is C26H23FN4O3. The van der Waals surface area contributed by atoms with Gasteiger partial charge in [-0.25, -0.2) is 9.38 Å². The van der Waals surface area contributed by atoms with E-state index in [1.54, 1.807) is 6.07 Å². The summed E-state index contributed by atoms with van der Waals surface area (Å²) in [5.41, 5.74) is 3.52. The molecule has 1 atom stereocenters. The van der Waals surface area contributed by atoms with Crippen molar-refractivity contribution in [1.29, 1.82) is 0 Å². The molecule has 3 aromatic carbocycles. The number of morpholine rings is 1. The first kappa shape index (κ1) is 21.8. The number of anilines is 2. The van der Waals surface area contributed by atoms with Gasteiger partial charge in [0, 0.05) is 24.2 Å². The molecule has 8 heteroatoms. The second-order valence-corrected chi connectivity index (χ2v) is 8.02. The van der Waals surface area contributed by atoms with Gasteiger partial charge in [0.2, 0.25) is 6.17 Å². The maximum absolute atomic E-state index is 14.1. The largest absolute Gasteiger partial charge is 0.378 e. The summed E-state index contributed by atoms with van der Waals surface area (Å²) in [4.78, 5) is 32.9. The summed E-state index contributed by atoms with van der Waals surface area (Å²) in [6, 6.07) is 20.9. The number of hydrogen-bond acceptors (Lipinski definition) is 5. The maximum Gasteiger partial charge on any atom is 0.269 e. The van der Waals surface area contributed by atoms with Gasteiger partial charge in [-0.3, -0.25) is 9.59 Å². The van der Waals surface area contributed by atoms with Crippen LogP contribution in [-0.2, 0) is 9.53 Å². The fourth-order valence-corrected chi connectivity index (χ4v) is 4.15. The number of para-hydroxylation sites is 1. The molecule has 34 heavy (non-hydrogen) atoms. The SMILES string of the molecule is O=C(N[C@H]1N=C(c2ccccc2)c2ccccc2NC1=O)c1ccc(F)cc1N1CCOCC1. The molecule has 0 aliphatic carbocycles. The molecule has 0 aromatic heterocycles. The summed E-state index contributed by atoms with van der Waals surface area (Å²) in [6.07, 6.45) is -1.17. The van der Waals surface area contributed by atoms with Crippen LogP contribution in [0.4, 0.5) is 15.8 Å². The molecule has 1 saturated heterocycles. The molecule has 2 aliphatic heterocycles. The molecule has 5 rings (SSSR count). The molecule has 2 N–H and O–H groups in total. The van der Waals surface area contributed by atoms with E-state index >= 15 is 0 Å². The molecule has 2 amide bonds. The molecule has 7 nitrogen and oxygen atoms in total. The van der Waals surface area contributed by atoms with Gasteiger partial charge in [-0.15, -0.1) is 0 Å². The number of rotatable bonds is 4. The van der Waals surface area contributed by atoms with E-state index in [4.69, 9.17) is 4.74 Å². The average Bonchev–Trinajstić information content (AvgIpc) is 3.01. The van der Waals surface area contributed by atoms with Crippen molar-refractivity contribution in [2.24, 2.45) is 4.99 Å². The van der Waals surface area contributed by atoms with Crippen molar-refractivity contribution < 1.29 is 18.7 Å². The minimum Gasteiger partial charge on any atom is -0.378 e. The molecule has 0 saturated carbocycles. The number of aliphatic imine (C=N–C) groups is 1. The standard InChI is InChI=1S/C26H23FN4O3/c27-18-10-11-20(22(16-18)31-12-14-34-15-13-31)25(32)30-24-26(33)28-21-9-5-4-8-19(21)23(29-24)17-6-2-1-3-7-17/h1-11,16,24H,12-15H2,(H,28,33)(H,30,32)/t24-/m1/s1. The zero-order valence-corrected chi connectivity index (χ0v) is 18.3. The molecule has 0 radical (unpaired) electrons. The van der Waals surface area contributed by atoms with Gasteiger partial charge in [-0.1, -0.05) is 48.5 Å². The lowest BCUT2D eigenvalue weighted by atomic mass is 10.0. The topological polar surface area (TPSA) is 83.0 Å². The molecule has 0 bridgehead atoms. The number of benzene rings is 3. The second kappa shape index (κ2) is 9.44. The summed E-state index contributed by atoms with van der Waals surface area (Å²) < 4.78 is 19.4. The Bertz CT molecular complexity index is 1260. The fourth-order valence-electron chi connectivity index (χ4n) is 4.15. The van der Waals surface area contributed by atoms with Crippen molar-refractivity contribution >= 4 is 28.9 Å². The molecule has 1 fully saturated rings. The second-order valence-electron chi connectivity index (χ2n) is 8.02. The third-order valence-corrected chi connectivity index (χ3v) is 5.82. The van der Waals surface area contributed by atoms with Crippen molar-refractivity contribution in [3.63, 3.8) is 0 Å². The Kier molecular flexibility index (Phi) is 6.05. The number of nitrogens with one attached hydrogen (secondary N) is 2. The van der Waals surface area contributed by atoms with Crippen LogP contribution in [0.1, 0.15) is 21.5 Å². The minimum atomic E-state index is -1.17. The van der Waals surface area contributed by atoms with Crippen LogP contribution in [0.2, 0.25) is 0 Å². The van der Waals surface area contributed by atoms with E-state index in [2.05, 4.69) is 15.6 Å². The summed E-state index contributed by atoms with van der Waals surface area (Å²) in [6.45, 7) is 2.07. The average molecular weight is 458 g/mol. The molecule has 172 valence electrons. The van der Waals surface area contributed by atoms with Crippen LogP contribution >= 0.6 is 0 Å². The number of carbonyl (C=O) groups is 2. The Morgan fingerprint density at radius 1 is 1.03 bits per heavy atom. The van der Waals surface area contributed by atoms with E-state index < -0.39 is 23.8 Å². The van der Waals surface area contributed by atoms with E-state index in [-0.39, 0.29) is 5.56 Å². The highest BCUT2D eigenvalue weighted by atomic mass is 19.1. The highest BCUT2D eigenvalue weighted by Crippen LogP contribution is 2.26. The highest BCUT2D eigenvalue weighted by molar-refractivity contribution is 6.20. The number of benzodiazepines with no additional fused rings is 1. The number of fused-ring (bicyclic) bond motifs is 1. The number of nitrogens with zero attached hydrogens (tertiary/aromatic N) is 2. The van der Waals surface area contributed by atoms with Crippen LogP contribution in [0.5, 0.6) is 0 Å². The van der Waals surface area contributed by atoms with E-state index in [9.17, 15) is 14.0 Å². The molecule has 0 unspecified atom stereocenters. The third kappa shape index (κ3) is 4.40. The van der Waals surface area contributed by atoms with Gasteiger partial charge in [0.15, 0.2) is 0 Å². The smallest absolute Gasteiger partial charge is 0.269 e. The van der Waals surface area contributed by atoms with Crippen LogP contribution < -0.4 is 15.5 Å². The van der Waals surface area contributed by atoms with Crippen LogP contribution in [0, 0.1) is 5.82 Å². The van der Waals surface area contributed by atoms with Crippen LogP contribution in [0.3, 0.4) is 0 Å². The first-order valence-corrected chi connectivity index (χ1v) is 11.1. The molecular weight excluding hydrogens is 435 g/mol. The van der Waals surface area contributed by atoms with Crippen molar-refractivity contribution in [2.75, 3.05) is 36.5 Å². The third-order valence-electron chi connectivity index (χ3n) is 5.82. The normalized spacial score (nSPS) is 17.8. The lowest BCUT2D eigenvalue weighted by molar-refractivity contribution is -0.117. The molecule has 2 aliphatic rings. The monoisotopic (exact) mass is 458 g/mol. The predicted molar refractivity (Wildman–Crippen MR) is 128 cm³/mol. The number of halogens is 1. The maximum atomic E-state index is 14.1. The lowest BCUT2D eigenvalue weighted by Crippen LogP contribution is -2.43. The van der Waals surface area contributed by atoms with E-state index in [0.29, 0.717) is 43.4 Å². The Morgan fingerprint density at radius 2 is 1.76 bits per heavy atom. The van der Waals surface area contributed by atoms with Gasteiger partial charge >= 0.3 is 0 Å². The van der Waals surface area contributed by atoms with Gasteiger partial charge in [0.1, 0.15) is 5.82 Å². The summed E-state index contributed by atoms with van der Waals surface area (Å²) >= 11 is 0. The Labute approximate surface area is 196 Å². The quantitative estimate of drug-likeness (QED) is 0.629. The molecule has 3 aromatic rings. The van der Waals surface area contributed by atoms with Crippen molar-refractivity contribution in [2.45, 2.75) is 6.17 Å². The van der Waals surface area contributed by atoms with Gasteiger partial charge < -0.3 is 20.3 Å². The van der Waals surface area contributed by atoms with Crippen LogP contribution in [-0.4, -0.2) is 50.0 Å². The van der Waals surface area contributed by atoms with Gasteiger partial charge in [-0.05, 0) is 24.3 Å². The highest BCUT2D eigenvalue weighted by Gasteiger charge is 2.29. The Balaban J connectivity index is 1.50. The van der Waals surface area contributed by atoms with Crippen LogP contribution in [0.25, 0.3) is 0 Å². The van der Waals surface area contributed by atoms with E-state index in [0.717, 1.165) is 11.1 Å². The van der Waals surface area contributed by atoms with Gasteiger partial charge in [-0.2, -0.15) is 0 Å². The Morgan fingerprint density at radius 3 is 2.56 bits per heavy atom. The van der Waals surface area contributed by atoms with Gasteiger partial charge in [0.25, 0.3) is 11.8 Å². The lowest BCUT2D eigenvalue weighted by Gasteiger charge is -2.30. The minimum absolute atomic E-state index is 0.273. The number of hydrogen-bond donors (Lipinski definition) is 2. The van der Waals surface area contributed by atoms with Crippen molar-refractivity contribution in [3.8, 4) is 0 Å². The predicted octanol–water partition coefficient (Wildman–Crippen LogP) is 3.21. The molecule has 2 heterocycles. The summed E-state index contributed by atoms with van der Waals surface area (Å²) in [5.74, 6) is -1.41.